The predicted molar refractivity (Wildman–Crippen MR) is 246 cm³/mol. The summed E-state index contributed by atoms with van der Waals surface area (Å²) in [6.07, 6.45) is -1.07. The summed E-state index contributed by atoms with van der Waals surface area (Å²) in [4.78, 5) is 116. The van der Waals surface area contributed by atoms with Crippen LogP contribution in [-0.2, 0) is 49.5 Å². The number of nitrogens with zero attached hydrogens (tertiary/aromatic N) is 2. The van der Waals surface area contributed by atoms with Crippen molar-refractivity contribution in [2.45, 2.75) is 168 Å². The molecule has 8 N–H and O–H groups in total. The SMILES string of the molecule is CCCC(=O)N[C@H](C(=O)N[C@@H]1C(=O)N[C@@H](CCCCN)C(=O)N[C@H]2CC[C@@H](O)N(C2=O)[C@@H]([C@@H](C)CC)C(=O)N(C)[C@@H](Cc2ccc(OC)c(Cl)c2)C(=O)N[C@@H](C(C)C)C(=O)O[C@@H]1C)C(C)C. The van der Waals surface area contributed by atoms with Gasteiger partial charge in [-0.1, -0.05) is 72.6 Å². The number of cyclic esters (lactones) is 1. The van der Waals surface area contributed by atoms with Gasteiger partial charge in [-0.05, 0) is 87.4 Å². The number of ether oxygens (including phenoxy) is 2. The van der Waals surface area contributed by atoms with Crippen LogP contribution < -0.4 is 37.1 Å². The van der Waals surface area contributed by atoms with Gasteiger partial charge in [0.25, 0.3) is 0 Å². The number of unbranched alkanes of at least 4 members (excludes halogenated alkanes) is 1. The fourth-order valence-corrected chi connectivity index (χ4v) is 8.34. The second-order valence-corrected chi connectivity index (χ2v) is 18.5. The summed E-state index contributed by atoms with van der Waals surface area (Å²) in [6.45, 7) is 13.7. The lowest BCUT2D eigenvalue weighted by atomic mass is 9.91. The lowest BCUT2D eigenvalue weighted by Crippen LogP contribution is -2.66. The van der Waals surface area contributed by atoms with Crippen molar-refractivity contribution in [1.82, 2.24) is 36.4 Å². The van der Waals surface area contributed by atoms with E-state index in [1.165, 1.54) is 26.0 Å². The molecule has 2 heterocycles. The van der Waals surface area contributed by atoms with Gasteiger partial charge in [-0.25, -0.2) is 4.79 Å². The van der Waals surface area contributed by atoms with Crippen molar-refractivity contribution in [3.8, 4) is 5.75 Å². The number of nitrogens with two attached hydrogens (primary N) is 1. The van der Waals surface area contributed by atoms with Crippen molar-refractivity contribution >= 4 is 58.9 Å². The molecule has 0 aromatic heterocycles. The van der Waals surface area contributed by atoms with Crippen LogP contribution in [0.15, 0.2) is 18.2 Å². The first-order chi connectivity index (χ1) is 31.1. The number of halogens is 1. The summed E-state index contributed by atoms with van der Waals surface area (Å²) in [5.74, 6) is -7.26. The third-order valence-corrected chi connectivity index (χ3v) is 12.6. The van der Waals surface area contributed by atoms with E-state index in [2.05, 4.69) is 26.6 Å². The van der Waals surface area contributed by atoms with Gasteiger partial charge in [-0.3, -0.25) is 33.6 Å². The Morgan fingerprint density at radius 3 is 2.23 bits per heavy atom. The molecule has 2 saturated heterocycles. The minimum atomic E-state index is -1.64. The van der Waals surface area contributed by atoms with Gasteiger partial charge in [0.15, 0.2) is 0 Å². The normalized spacial score (nSPS) is 26.0. The Morgan fingerprint density at radius 2 is 1.65 bits per heavy atom. The molecule has 2 aliphatic heterocycles. The van der Waals surface area contributed by atoms with Crippen LogP contribution in [0.25, 0.3) is 0 Å². The molecule has 20 heteroatoms. The molecule has 0 radical (unpaired) electrons. The van der Waals surface area contributed by atoms with Gasteiger partial charge in [0.1, 0.15) is 60.4 Å². The Balaban J connectivity index is 2.26. The molecular formula is C46H73ClN8O11. The van der Waals surface area contributed by atoms with E-state index in [4.69, 9.17) is 26.8 Å². The average Bonchev–Trinajstić information content (AvgIpc) is 3.26. The van der Waals surface area contributed by atoms with E-state index in [9.17, 15) is 43.5 Å². The zero-order valence-electron chi connectivity index (χ0n) is 40.1. The van der Waals surface area contributed by atoms with E-state index in [0.717, 1.165) is 4.90 Å². The predicted octanol–water partition coefficient (Wildman–Crippen LogP) is 1.68. The summed E-state index contributed by atoms with van der Waals surface area (Å²) in [5, 5.41) is 25.2. The second kappa shape index (κ2) is 25.8. The van der Waals surface area contributed by atoms with Crippen LogP contribution in [-0.4, -0.2) is 138 Å². The molecule has 2 aliphatic rings. The summed E-state index contributed by atoms with van der Waals surface area (Å²) in [6, 6.07) is -4.43. The maximum Gasteiger partial charge on any atom is 0.329 e. The molecule has 0 spiro atoms. The number of hydrogen-bond donors (Lipinski definition) is 7. The Hall–Kier alpha value is -5.01. The summed E-state index contributed by atoms with van der Waals surface area (Å²) in [5.41, 5.74) is 6.29. The van der Waals surface area contributed by atoms with E-state index in [-0.39, 0.29) is 49.6 Å². The van der Waals surface area contributed by atoms with E-state index >= 15 is 0 Å². The molecule has 370 valence electrons. The Labute approximate surface area is 393 Å². The van der Waals surface area contributed by atoms with Crippen molar-refractivity contribution in [3.63, 3.8) is 0 Å². The van der Waals surface area contributed by atoms with Crippen molar-refractivity contribution in [2.75, 3.05) is 20.7 Å². The number of fused-ring (bicyclic) bond motifs is 2. The number of carbonyl (C=O) groups is 8. The molecule has 1 aromatic rings. The molecular weight excluding hydrogens is 876 g/mol. The first kappa shape index (κ1) is 55.3. The molecule has 0 saturated carbocycles. The van der Waals surface area contributed by atoms with Crippen molar-refractivity contribution in [2.24, 2.45) is 23.5 Å². The summed E-state index contributed by atoms with van der Waals surface area (Å²) < 4.78 is 11.2. The average molecular weight is 950 g/mol. The van der Waals surface area contributed by atoms with Crippen LogP contribution in [0.2, 0.25) is 5.02 Å². The van der Waals surface area contributed by atoms with E-state index in [0.29, 0.717) is 37.0 Å². The van der Waals surface area contributed by atoms with Gasteiger partial charge >= 0.3 is 5.97 Å². The molecule has 66 heavy (non-hydrogen) atoms. The third-order valence-electron chi connectivity index (χ3n) is 12.3. The minimum absolute atomic E-state index is 0.00514. The largest absolute Gasteiger partial charge is 0.495 e. The zero-order chi connectivity index (χ0) is 49.6. The molecule has 1 aromatic carbocycles. The van der Waals surface area contributed by atoms with Crippen molar-refractivity contribution in [3.05, 3.63) is 28.8 Å². The van der Waals surface area contributed by atoms with Crippen LogP contribution in [0.1, 0.15) is 112 Å². The number of benzene rings is 1. The number of piperidine rings is 1. The number of methoxy groups -OCH3 is 1. The van der Waals surface area contributed by atoms with Crippen molar-refractivity contribution in [1.29, 1.82) is 0 Å². The highest BCUT2D eigenvalue weighted by atomic mass is 35.5. The van der Waals surface area contributed by atoms with Crippen LogP contribution in [0.4, 0.5) is 0 Å². The maximum absolute atomic E-state index is 14.9. The molecule has 2 bridgehead atoms. The molecule has 7 amide bonds. The smallest absolute Gasteiger partial charge is 0.329 e. The fourth-order valence-electron chi connectivity index (χ4n) is 8.06. The van der Waals surface area contributed by atoms with Gasteiger partial charge in [0.2, 0.25) is 41.4 Å². The number of aliphatic hydroxyl groups is 1. The third kappa shape index (κ3) is 14.5. The van der Waals surface area contributed by atoms with Gasteiger partial charge in [0.05, 0.1) is 12.1 Å². The second-order valence-electron chi connectivity index (χ2n) is 18.1. The number of carbonyl (C=O) groups excluding carboxylic acids is 8. The van der Waals surface area contributed by atoms with Crippen LogP contribution >= 0.6 is 11.6 Å². The van der Waals surface area contributed by atoms with Crippen LogP contribution in [0.3, 0.4) is 0 Å². The highest BCUT2D eigenvalue weighted by molar-refractivity contribution is 6.32. The number of amides is 7. The lowest BCUT2D eigenvalue weighted by Gasteiger charge is -2.44. The number of aliphatic hydroxyl groups excluding tert-OH is 1. The number of esters is 1. The number of nitrogens with one attached hydrogen (secondary N) is 5. The summed E-state index contributed by atoms with van der Waals surface area (Å²) in [7, 11) is 2.84. The fraction of sp³-hybridized carbons (Fsp3) is 0.696. The minimum Gasteiger partial charge on any atom is -0.495 e. The Bertz CT molecular complexity index is 1880. The summed E-state index contributed by atoms with van der Waals surface area (Å²) >= 11 is 6.49. The van der Waals surface area contributed by atoms with Crippen LogP contribution in [0, 0.1) is 17.8 Å². The monoisotopic (exact) mass is 949 g/mol. The van der Waals surface area contributed by atoms with Gasteiger partial charge < -0.3 is 56.7 Å². The molecule has 3 rings (SSSR count). The maximum atomic E-state index is 14.9. The highest BCUT2D eigenvalue weighted by Gasteiger charge is 2.47. The topological polar surface area (TPSA) is 268 Å². The quantitative estimate of drug-likeness (QED) is 0.0923. The molecule has 0 aliphatic carbocycles. The number of hydrogen-bond acceptors (Lipinski definition) is 12. The lowest BCUT2D eigenvalue weighted by molar-refractivity contribution is -0.168. The molecule has 10 atom stereocenters. The number of rotatable bonds is 16. The first-order valence-electron chi connectivity index (χ1n) is 23.1. The Kier molecular flexibility index (Phi) is 21.6. The molecule has 19 nitrogen and oxygen atoms in total. The standard InChI is InChI=1S/C46H73ClN8O11/c1-11-15-34(56)51-36(24(3)4)42(60)53-38-27(8)66-46(64)37(25(5)6)52-41(59)32(23-28-17-19-33(65-10)29(47)22-28)54(9)45(63)39(26(7)12-2)55-35(57)20-18-31(44(55)62)50-40(58)30(49-43(38)61)16-13-14-21-48/h17,19,22,24-27,30-32,35-39,57H,11-16,18,20-21,23,48H2,1-10H3,(H,49,61)(H,50,58)(H,51,56)(H,52,59)(H,53,60)/t26-,27+,30-,31-,32-,35+,36-,37-,38-,39-/m0/s1. The van der Waals surface area contributed by atoms with Crippen molar-refractivity contribution < 1.29 is 52.9 Å². The zero-order valence-corrected chi connectivity index (χ0v) is 40.9. The van der Waals surface area contributed by atoms with Gasteiger partial charge in [0, 0.05) is 19.9 Å². The molecule has 2 fully saturated rings. The first-order valence-corrected chi connectivity index (χ1v) is 23.5. The van der Waals surface area contributed by atoms with Gasteiger partial charge in [-0.15, -0.1) is 0 Å². The highest BCUT2D eigenvalue weighted by Crippen LogP contribution is 2.29. The number of likely N-dealkylation sites (N-methyl/N-ethyl adjacent to an activating group) is 1. The van der Waals surface area contributed by atoms with E-state index < -0.39 is 114 Å². The van der Waals surface area contributed by atoms with E-state index in [1.54, 1.807) is 52.8 Å². The van der Waals surface area contributed by atoms with Crippen LogP contribution in [0.5, 0.6) is 5.75 Å². The molecule has 0 unspecified atom stereocenters. The van der Waals surface area contributed by atoms with Gasteiger partial charge in [-0.2, -0.15) is 0 Å². The Morgan fingerprint density at radius 1 is 0.970 bits per heavy atom. The van der Waals surface area contributed by atoms with E-state index in [1.807, 2.05) is 13.8 Å².